The van der Waals surface area contributed by atoms with Gasteiger partial charge in [-0.2, -0.15) is 5.10 Å². The van der Waals surface area contributed by atoms with Crippen molar-refractivity contribution in [3.8, 4) is 5.75 Å². The van der Waals surface area contributed by atoms with Crippen LogP contribution in [0.15, 0.2) is 30.5 Å². The van der Waals surface area contributed by atoms with Crippen molar-refractivity contribution in [1.29, 1.82) is 0 Å². The van der Waals surface area contributed by atoms with Crippen LogP contribution in [0.3, 0.4) is 0 Å². The summed E-state index contributed by atoms with van der Waals surface area (Å²) in [5, 5.41) is 4.50. The van der Waals surface area contributed by atoms with Gasteiger partial charge in [-0.15, -0.1) is 0 Å². The molecule has 2 aromatic rings. The molecule has 0 saturated heterocycles. The Bertz CT molecular complexity index is 579. The lowest BCUT2D eigenvalue weighted by Crippen LogP contribution is -2.29. The summed E-state index contributed by atoms with van der Waals surface area (Å²) in [5.41, 5.74) is 6.08. The maximum absolute atomic E-state index is 5.85. The topological polar surface area (TPSA) is 65.1 Å². The fraction of sp³-hybridized carbons (Fsp3) is 0.438. The molecule has 0 saturated carbocycles. The molecular formula is C16H24N4O. The third-order valence-electron chi connectivity index (χ3n) is 3.44. The molecule has 114 valence electrons. The van der Waals surface area contributed by atoms with Crippen LogP contribution in [0, 0.1) is 0 Å². The highest BCUT2D eigenvalue weighted by atomic mass is 16.5. The molecule has 0 amide bonds. The molecule has 1 aromatic heterocycles. The number of nitrogens with zero attached hydrogens (tertiary/aromatic N) is 2. The molecule has 0 aliphatic carbocycles. The summed E-state index contributed by atoms with van der Waals surface area (Å²) in [4.78, 5) is 0. The molecule has 0 radical (unpaired) electrons. The number of aryl methyl sites for hydroxylation is 2. The molecule has 0 fully saturated rings. The minimum atomic E-state index is -0.123. The number of nitrogens with two attached hydrogens (primary N) is 1. The Hall–Kier alpha value is -1.85. The second-order valence-corrected chi connectivity index (χ2v) is 5.04. The Kier molecular flexibility index (Phi) is 5.36. The largest absolute Gasteiger partial charge is 0.493 e. The molecule has 1 unspecified atom stereocenters. The number of para-hydroxylation sites is 1. The summed E-state index contributed by atoms with van der Waals surface area (Å²) in [7, 11) is 1.93. The van der Waals surface area contributed by atoms with E-state index < -0.39 is 0 Å². The van der Waals surface area contributed by atoms with E-state index in [9.17, 15) is 0 Å². The predicted octanol–water partition coefficient (Wildman–Crippen LogP) is 2.32. The molecular weight excluding hydrogens is 264 g/mol. The van der Waals surface area contributed by atoms with Gasteiger partial charge in [-0.3, -0.25) is 10.5 Å². The molecule has 2 rings (SSSR count). The van der Waals surface area contributed by atoms with Crippen molar-refractivity contribution < 1.29 is 4.74 Å². The number of hydrogen-bond donors (Lipinski definition) is 2. The van der Waals surface area contributed by atoms with Gasteiger partial charge in [0.25, 0.3) is 0 Å². The van der Waals surface area contributed by atoms with Gasteiger partial charge >= 0.3 is 0 Å². The number of hydrogen-bond acceptors (Lipinski definition) is 4. The maximum Gasteiger partial charge on any atom is 0.124 e. The molecule has 1 aromatic carbocycles. The van der Waals surface area contributed by atoms with E-state index in [-0.39, 0.29) is 6.04 Å². The fourth-order valence-electron chi connectivity index (χ4n) is 2.48. The van der Waals surface area contributed by atoms with Crippen molar-refractivity contribution in [2.45, 2.75) is 32.7 Å². The summed E-state index contributed by atoms with van der Waals surface area (Å²) in [5.74, 6) is 6.69. The molecule has 21 heavy (non-hydrogen) atoms. The van der Waals surface area contributed by atoms with Crippen LogP contribution in [0.25, 0.3) is 0 Å². The lowest BCUT2D eigenvalue weighted by atomic mass is 9.98. The van der Waals surface area contributed by atoms with Crippen molar-refractivity contribution in [2.24, 2.45) is 12.9 Å². The minimum absolute atomic E-state index is 0.123. The normalized spacial score (nSPS) is 12.4. The molecule has 0 spiro atoms. The van der Waals surface area contributed by atoms with Gasteiger partial charge < -0.3 is 4.74 Å². The molecule has 1 heterocycles. The Morgan fingerprint density at radius 3 is 2.71 bits per heavy atom. The van der Waals surface area contributed by atoms with Gasteiger partial charge in [-0.25, -0.2) is 5.43 Å². The monoisotopic (exact) mass is 288 g/mol. The van der Waals surface area contributed by atoms with E-state index in [2.05, 4.69) is 24.4 Å². The minimum Gasteiger partial charge on any atom is -0.493 e. The second-order valence-electron chi connectivity index (χ2n) is 5.04. The third-order valence-corrected chi connectivity index (χ3v) is 3.44. The first-order chi connectivity index (χ1) is 10.2. The zero-order valence-electron chi connectivity index (χ0n) is 13.0. The van der Waals surface area contributed by atoms with Crippen LogP contribution in [0.1, 0.15) is 43.1 Å². The van der Waals surface area contributed by atoms with Crippen molar-refractivity contribution in [2.75, 3.05) is 6.61 Å². The van der Waals surface area contributed by atoms with E-state index in [0.717, 1.165) is 35.4 Å². The summed E-state index contributed by atoms with van der Waals surface area (Å²) in [6, 6.07) is 7.88. The van der Waals surface area contributed by atoms with E-state index >= 15 is 0 Å². The average Bonchev–Trinajstić information content (AvgIpc) is 2.88. The standard InChI is InChI=1S/C16H24N4O/c1-4-10-21-15-9-7-6-8-12(15)16(18-17)13-11-20(3)19-14(13)5-2/h6-9,11,16,18H,4-5,10,17H2,1-3H3. The predicted molar refractivity (Wildman–Crippen MR) is 84.0 cm³/mol. The summed E-state index contributed by atoms with van der Waals surface area (Å²) in [6.07, 6.45) is 3.86. The summed E-state index contributed by atoms with van der Waals surface area (Å²) >= 11 is 0. The summed E-state index contributed by atoms with van der Waals surface area (Å²) < 4.78 is 7.68. The Labute approximate surface area is 126 Å². The second kappa shape index (κ2) is 7.24. The summed E-state index contributed by atoms with van der Waals surface area (Å²) in [6.45, 7) is 4.89. The highest BCUT2D eigenvalue weighted by Gasteiger charge is 2.21. The molecule has 0 bridgehead atoms. The van der Waals surface area contributed by atoms with Crippen LogP contribution in [0.2, 0.25) is 0 Å². The van der Waals surface area contributed by atoms with E-state index in [4.69, 9.17) is 10.6 Å². The van der Waals surface area contributed by atoms with Gasteiger partial charge in [-0.1, -0.05) is 32.0 Å². The Morgan fingerprint density at radius 2 is 2.05 bits per heavy atom. The van der Waals surface area contributed by atoms with E-state index in [1.54, 1.807) is 0 Å². The van der Waals surface area contributed by atoms with E-state index in [1.165, 1.54) is 0 Å². The Morgan fingerprint density at radius 1 is 1.29 bits per heavy atom. The molecule has 0 aliphatic heterocycles. The number of hydrazine groups is 1. The zero-order valence-corrected chi connectivity index (χ0v) is 13.0. The van der Waals surface area contributed by atoms with Crippen molar-refractivity contribution >= 4 is 0 Å². The van der Waals surface area contributed by atoms with E-state index in [1.807, 2.05) is 42.2 Å². The van der Waals surface area contributed by atoms with Gasteiger partial charge in [0.15, 0.2) is 0 Å². The van der Waals surface area contributed by atoms with Crippen molar-refractivity contribution in [3.63, 3.8) is 0 Å². The quantitative estimate of drug-likeness (QED) is 0.606. The molecule has 0 aliphatic rings. The van der Waals surface area contributed by atoms with Crippen LogP contribution in [0.4, 0.5) is 0 Å². The van der Waals surface area contributed by atoms with Crippen LogP contribution in [0.5, 0.6) is 5.75 Å². The first-order valence-electron chi connectivity index (χ1n) is 7.41. The number of nitrogens with one attached hydrogen (secondary N) is 1. The van der Waals surface area contributed by atoms with Crippen molar-refractivity contribution in [3.05, 3.63) is 47.3 Å². The average molecular weight is 288 g/mol. The number of rotatable bonds is 7. The van der Waals surface area contributed by atoms with Crippen LogP contribution >= 0.6 is 0 Å². The van der Waals surface area contributed by atoms with Gasteiger partial charge in [-0.05, 0) is 18.9 Å². The number of benzene rings is 1. The lowest BCUT2D eigenvalue weighted by molar-refractivity contribution is 0.311. The van der Waals surface area contributed by atoms with Gasteiger partial charge in [0, 0.05) is 24.4 Å². The highest BCUT2D eigenvalue weighted by molar-refractivity contribution is 5.42. The molecule has 5 heteroatoms. The fourth-order valence-corrected chi connectivity index (χ4v) is 2.48. The highest BCUT2D eigenvalue weighted by Crippen LogP contribution is 2.31. The zero-order chi connectivity index (χ0) is 15.2. The van der Waals surface area contributed by atoms with Gasteiger partial charge in [0.1, 0.15) is 5.75 Å². The van der Waals surface area contributed by atoms with Crippen LogP contribution in [-0.2, 0) is 13.5 Å². The SMILES string of the molecule is CCCOc1ccccc1C(NN)c1cn(C)nc1CC. The smallest absolute Gasteiger partial charge is 0.124 e. The molecule has 1 atom stereocenters. The van der Waals surface area contributed by atoms with Crippen LogP contribution < -0.4 is 16.0 Å². The molecule has 3 N–H and O–H groups in total. The first-order valence-corrected chi connectivity index (χ1v) is 7.41. The number of ether oxygens (including phenoxy) is 1. The lowest BCUT2D eigenvalue weighted by Gasteiger charge is -2.20. The molecule has 5 nitrogen and oxygen atoms in total. The van der Waals surface area contributed by atoms with Gasteiger partial charge in [0.2, 0.25) is 0 Å². The first kappa shape index (κ1) is 15.5. The number of aromatic nitrogens is 2. The third kappa shape index (κ3) is 3.43. The van der Waals surface area contributed by atoms with Gasteiger partial charge in [0.05, 0.1) is 18.3 Å². The van der Waals surface area contributed by atoms with E-state index in [0.29, 0.717) is 6.61 Å². The maximum atomic E-state index is 5.85. The van der Waals surface area contributed by atoms with Crippen LogP contribution in [-0.4, -0.2) is 16.4 Å². The van der Waals surface area contributed by atoms with Crippen molar-refractivity contribution in [1.82, 2.24) is 15.2 Å². The Balaban J connectivity index is 2.41.